The SMILES string of the molecule is CN(c1ccc(S(=O)(=O)C(F)F)cc1[N+](=O)[O-])[C@@H]1[C@@H]2CCO[C@H]2C1(C)C. The van der Waals surface area contributed by atoms with E-state index >= 15 is 0 Å². The number of rotatable bonds is 5. The average molecular weight is 390 g/mol. The number of sulfone groups is 1. The molecule has 1 heterocycles. The normalized spacial score (nSPS) is 27.1. The quantitative estimate of drug-likeness (QED) is 0.567. The van der Waals surface area contributed by atoms with Gasteiger partial charge in [-0.15, -0.1) is 0 Å². The molecule has 1 aliphatic heterocycles. The van der Waals surface area contributed by atoms with E-state index in [4.69, 9.17) is 4.74 Å². The molecule has 144 valence electrons. The third-order valence-electron chi connectivity index (χ3n) is 5.54. The minimum absolute atomic E-state index is 0.0359. The largest absolute Gasteiger partial charge is 0.377 e. The van der Waals surface area contributed by atoms with Crippen LogP contribution in [0.5, 0.6) is 0 Å². The Bertz CT molecular complexity index is 843. The molecule has 0 bridgehead atoms. The Balaban J connectivity index is 2.01. The number of hydrogen-bond acceptors (Lipinski definition) is 6. The molecule has 0 radical (unpaired) electrons. The van der Waals surface area contributed by atoms with Crippen molar-refractivity contribution < 1.29 is 26.9 Å². The van der Waals surface area contributed by atoms with Crippen LogP contribution < -0.4 is 4.90 Å². The molecule has 0 aromatic heterocycles. The van der Waals surface area contributed by atoms with E-state index in [9.17, 15) is 27.3 Å². The highest BCUT2D eigenvalue weighted by molar-refractivity contribution is 7.91. The Hall–Kier alpha value is -1.81. The van der Waals surface area contributed by atoms with Gasteiger partial charge in [-0.25, -0.2) is 8.42 Å². The van der Waals surface area contributed by atoms with E-state index in [1.165, 1.54) is 6.07 Å². The molecule has 0 amide bonds. The number of anilines is 1. The Morgan fingerprint density at radius 3 is 2.62 bits per heavy atom. The van der Waals surface area contributed by atoms with Crippen molar-refractivity contribution in [1.82, 2.24) is 0 Å². The van der Waals surface area contributed by atoms with Gasteiger partial charge < -0.3 is 9.64 Å². The van der Waals surface area contributed by atoms with Gasteiger partial charge in [-0.3, -0.25) is 10.1 Å². The zero-order valence-corrected chi connectivity index (χ0v) is 15.4. The summed E-state index contributed by atoms with van der Waals surface area (Å²) in [6.45, 7) is 4.67. The standard InChI is InChI=1S/C16H20F2N2O5S/c1-16(2)13(10-6-7-25-14(10)16)19(3)11-5-4-9(8-12(11)20(21)22)26(23,24)15(17)18/h4-5,8,10,13-15H,6-7H2,1-3H3/t10-,13+,14+/m0/s1. The molecule has 1 aliphatic carbocycles. The van der Waals surface area contributed by atoms with Gasteiger partial charge in [0.1, 0.15) is 5.69 Å². The first-order chi connectivity index (χ1) is 12.0. The van der Waals surface area contributed by atoms with E-state index in [1.54, 1.807) is 11.9 Å². The van der Waals surface area contributed by atoms with E-state index in [0.717, 1.165) is 12.5 Å². The molecule has 2 aliphatic rings. The van der Waals surface area contributed by atoms with Gasteiger partial charge in [0.2, 0.25) is 9.84 Å². The van der Waals surface area contributed by atoms with Crippen LogP contribution in [0.4, 0.5) is 20.2 Å². The predicted octanol–water partition coefficient (Wildman–Crippen LogP) is 2.84. The van der Waals surface area contributed by atoms with E-state index in [0.29, 0.717) is 12.7 Å². The van der Waals surface area contributed by atoms with Gasteiger partial charge in [0.05, 0.1) is 15.9 Å². The van der Waals surface area contributed by atoms with Gasteiger partial charge in [0.15, 0.2) is 0 Å². The number of benzene rings is 1. The molecule has 10 heteroatoms. The van der Waals surface area contributed by atoms with Crippen molar-refractivity contribution in [3.63, 3.8) is 0 Å². The fourth-order valence-electron chi connectivity index (χ4n) is 4.46. The van der Waals surface area contributed by atoms with Gasteiger partial charge in [-0.2, -0.15) is 8.78 Å². The van der Waals surface area contributed by atoms with E-state index in [2.05, 4.69) is 0 Å². The van der Waals surface area contributed by atoms with Crippen LogP contribution in [-0.2, 0) is 14.6 Å². The second-order valence-electron chi connectivity index (χ2n) is 7.33. The third kappa shape index (κ3) is 2.66. The smallest absolute Gasteiger partial charge is 0.341 e. The summed E-state index contributed by atoms with van der Waals surface area (Å²) in [5, 5.41) is 11.5. The highest BCUT2D eigenvalue weighted by Gasteiger charge is 2.61. The molecular weight excluding hydrogens is 370 g/mol. The molecule has 0 N–H and O–H groups in total. The number of nitrogens with zero attached hydrogens (tertiary/aromatic N) is 2. The van der Waals surface area contributed by atoms with Crippen molar-refractivity contribution in [3.05, 3.63) is 28.3 Å². The summed E-state index contributed by atoms with van der Waals surface area (Å²) in [6.07, 6.45) is 0.918. The number of hydrogen-bond donors (Lipinski definition) is 0. The molecular formula is C16H20F2N2O5S. The number of alkyl halides is 2. The summed E-state index contributed by atoms with van der Waals surface area (Å²) in [5.41, 5.74) is -0.545. The molecule has 3 rings (SSSR count). The van der Waals surface area contributed by atoms with E-state index in [-0.39, 0.29) is 29.2 Å². The number of nitro benzene ring substituents is 1. The first-order valence-corrected chi connectivity index (χ1v) is 9.69. The van der Waals surface area contributed by atoms with Crippen molar-refractivity contribution in [1.29, 1.82) is 0 Å². The number of ether oxygens (including phenoxy) is 1. The van der Waals surface area contributed by atoms with Crippen LogP contribution in [-0.4, -0.2) is 44.9 Å². The molecule has 26 heavy (non-hydrogen) atoms. The zero-order valence-electron chi connectivity index (χ0n) is 14.6. The van der Waals surface area contributed by atoms with Gasteiger partial charge in [-0.1, -0.05) is 13.8 Å². The lowest BCUT2D eigenvalue weighted by atomic mass is 9.56. The monoisotopic (exact) mass is 390 g/mol. The molecule has 1 saturated heterocycles. The van der Waals surface area contributed by atoms with Crippen LogP contribution in [0.15, 0.2) is 23.1 Å². The third-order valence-corrected chi connectivity index (χ3v) is 6.92. The highest BCUT2D eigenvalue weighted by atomic mass is 32.2. The fourth-order valence-corrected chi connectivity index (χ4v) is 5.20. The zero-order chi connectivity index (χ0) is 19.4. The summed E-state index contributed by atoms with van der Waals surface area (Å²) in [7, 11) is -3.20. The molecule has 1 aromatic carbocycles. The summed E-state index contributed by atoms with van der Waals surface area (Å²) in [4.78, 5) is 11.7. The Morgan fingerprint density at radius 1 is 1.38 bits per heavy atom. The van der Waals surface area contributed by atoms with Crippen molar-refractivity contribution in [2.75, 3.05) is 18.6 Å². The first-order valence-electron chi connectivity index (χ1n) is 8.14. The fraction of sp³-hybridized carbons (Fsp3) is 0.625. The lowest BCUT2D eigenvalue weighted by Crippen LogP contribution is -2.66. The maximum absolute atomic E-state index is 12.7. The van der Waals surface area contributed by atoms with E-state index < -0.39 is 31.1 Å². The Labute approximate surface area is 150 Å². The Kier molecular flexibility index (Phi) is 4.47. The molecule has 0 unspecified atom stereocenters. The average Bonchev–Trinajstić information content (AvgIpc) is 3.00. The summed E-state index contributed by atoms with van der Waals surface area (Å²) in [6, 6.07) is 2.90. The number of halogens is 2. The van der Waals surface area contributed by atoms with E-state index in [1.807, 2.05) is 13.8 Å². The summed E-state index contributed by atoms with van der Waals surface area (Å²) in [5.74, 6) is -3.41. The molecule has 3 atom stereocenters. The highest BCUT2D eigenvalue weighted by Crippen LogP contribution is 2.55. The Morgan fingerprint density at radius 2 is 2.04 bits per heavy atom. The minimum Gasteiger partial charge on any atom is -0.377 e. The summed E-state index contributed by atoms with van der Waals surface area (Å²) >= 11 is 0. The molecule has 2 fully saturated rings. The lowest BCUT2D eigenvalue weighted by Gasteiger charge is -2.58. The van der Waals surface area contributed by atoms with Gasteiger partial charge >= 0.3 is 5.76 Å². The minimum atomic E-state index is -4.90. The predicted molar refractivity (Wildman–Crippen MR) is 90.1 cm³/mol. The van der Waals surface area contributed by atoms with Crippen LogP contribution in [0.2, 0.25) is 0 Å². The van der Waals surface area contributed by atoms with Crippen molar-refractivity contribution in [2.24, 2.45) is 11.3 Å². The molecule has 0 spiro atoms. The van der Waals surface area contributed by atoms with Gasteiger partial charge in [0.25, 0.3) is 5.69 Å². The first kappa shape index (κ1) is 19.0. The second kappa shape index (κ2) is 6.12. The topological polar surface area (TPSA) is 89.8 Å². The lowest BCUT2D eigenvalue weighted by molar-refractivity contribution is -0.384. The van der Waals surface area contributed by atoms with Gasteiger partial charge in [-0.05, 0) is 18.6 Å². The number of fused-ring (bicyclic) bond motifs is 1. The van der Waals surface area contributed by atoms with Crippen molar-refractivity contribution in [3.8, 4) is 0 Å². The van der Waals surface area contributed by atoms with Crippen LogP contribution in [0, 0.1) is 21.4 Å². The molecule has 1 saturated carbocycles. The van der Waals surface area contributed by atoms with Crippen molar-refractivity contribution >= 4 is 21.2 Å². The van der Waals surface area contributed by atoms with Crippen LogP contribution in [0.1, 0.15) is 20.3 Å². The van der Waals surface area contributed by atoms with Crippen molar-refractivity contribution in [2.45, 2.75) is 43.1 Å². The van der Waals surface area contributed by atoms with Gasteiger partial charge in [0, 0.05) is 37.1 Å². The van der Waals surface area contributed by atoms with Crippen LogP contribution >= 0.6 is 0 Å². The molecule has 7 nitrogen and oxygen atoms in total. The van der Waals surface area contributed by atoms with Crippen LogP contribution in [0.3, 0.4) is 0 Å². The second-order valence-corrected chi connectivity index (χ2v) is 9.25. The molecule has 1 aromatic rings. The number of nitro groups is 1. The maximum Gasteiger partial charge on any atom is 0.341 e. The summed E-state index contributed by atoms with van der Waals surface area (Å²) < 4.78 is 54.5. The maximum atomic E-state index is 12.7. The van der Waals surface area contributed by atoms with Crippen LogP contribution in [0.25, 0.3) is 0 Å².